The molecular weight excluding hydrogens is 268 g/mol. The topological polar surface area (TPSA) is 75.7 Å². The normalized spacial score (nSPS) is 21.0. The van der Waals surface area contributed by atoms with Gasteiger partial charge in [0.15, 0.2) is 0 Å². The second-order valence-electron chi connectivity index (χ2n) is 4.21. The molecule has 1 N–H and O–H groups in total. The lowest BCUT2D eigenvalue weighted by Gasteiger charge is -2.31. The predicted molar refractivity (Wildman–Crippen MR) is 69.0 cm³/mol. The number of nitrogens with one attached hydrogen (secondary N) is 1. The first-order valence-corrected chi connectivity index (χ1v) is 7.36. The quantitative estimate of drug-likeness (QED) is 0.779. The van der Waals surface area contributed by atoms with Crippen molar-refractivity contribution in [2.75, 3.05) is 26.7 Å². The number of piperazine rings is 1. The molecule has 1 saturated heterocycles. The summed E-state index contributed by atoms with van der Waals surface area (Å²) in [6.45, 7) is 0.848. The third kappa shape index (κ3) is 2.94. The molecule has 0 aromatic heterocycles. The number of nitrogens with zero attached hydrogens (tertiary/aromatic N) is 1. The first kappa shape index (κ1) is 14.0. The van der Waals surface area contributed by atoms with Crippen LogP contribution in [0.1, 0.15) is 0 Å². The van der Waals surface area contributed by atoms with Gasteiger partial charge in [-0.05, 0) is 12.1 Å². The second-order valence-corrected chi connectivity index (χ2v) is 6.14. The molecule has 1 unspecified atom stereocenters. The Morgan fingerprint density at radius 3 is 2.68 bits per heavy atom. The molecule has 1 fully saturated rings. The summed E-state index contributed by atoms with van der Waals surface area (Å²) >= 11 is 0. The van der Waals surface area contributed by atoms with Gasteiger partial charge in [0, 0.05) is 19.6 Å². The Bertz CT molecular complexity index is 544. The van der Waals surface area contributed by atoms with Crippen molar-refractivity contribution in [3.05, 3.63) is 30.3 Å². The van der Waals surface area contributed by atoms with Gasteiger partial charge in [-0.1, -0.05) is 18.2 Å². The molecule has 0 spiro atoms. The number of hydrogen-bond donors (Lipinski definition) is 1. The van der Waals surface area contributed by atoms with E-state index in [1.165, 1.54) is 11.4 Å². The number of ether oxygens (including phenoxy) is 1. The number of benzene rings is 1. The van der Waals surface area contributed by atoms with E-state index >= 15 is 0 Å². The van der Waals surface area contributed by atoms with Crippen LogP contribution in [0, 0.1) is 0 Å². The molecule has 6 nitrogen and oxygen atoms in total. The van der Waals surface area contributed by atoms with Crippen LogP contribution in [0.3, 0.4) is 0 Å². The number of esters is 1. The molecule has 1 aromatic carbocycles. The molecule has 0 amide bonds. The van der Waals surface area contributed by atoms with Gasteiger partial charge in [-0.15, -0.1) is 0 Å². The second kappa shape index (κ2) is 5.68. The minimum absolute atomic E-state index is 0.0872. The van der Waals surface area contributed by atoms with E-state index in [0.717, 1.165) is 0 Å². The van der Waals surface area contributed by atoms with Crippen LogP contribution >= 0.6 is 0 Å². The summed E-state index contributed by atoms with van der Waals surface area (Å²) in [6, 6.07) is 7.58. The number of hydrogen-bond acceptors (Lipinski definition) is 5. The van der Waals surface area contributed by atoms with Gasteiger partial charge in [0.05, 0.1) is 12.0 Å². The molecule has 1 aliphatic heterocycles. The van der Waals surface area contributed by atoms with Crippen LogP contribution in [0.4, 0.5) is 0 Å². The van der Waals surface area contributed by atoms with E-state index in [9.17, 15) is 13.2 Å². The number of carbonyl (C=O) groups excluding carboxylic acids is 1. The van der Waals surface area contributed by atoms with E-state index in [1.807, 2.05) is 0 Å². The van der Waals surface area contributed by atoms with Crippen molar-refractivity contribution >= 4 is 16.0 Å². The number of sulfonamides is 1. The summed E-state index contributed by atoms with van der Waals surface area (Å²) in [5, 5.41) is 2.94. The lowest BCUT2D eigenvalue weighted by Crippen LogP contribution is -2.55. The Morgan fingerprint density at radius 1 is 1.37 bits per heavy atom. The zero-order chi connectivity index (χ0) is 13.9. The first-order valence-electron chi connectivity index (χ1n) is 5.92. The maximum Gasteiger partial charge on any atom is 0.324 e. The number of rotatable bonds is 3. The summed E-state index contributed by atoms with van der Waals surface area (Å²) in [5.74, 6) is -0.451. The maximum atomic E-state index is 12.4. The Hall–Kier alpha value is -1.44. The monoisotopic (exact) mass is 284 g/mol. The smallest absolute Gasteiger partial charge is 0.324 e. The Balaban J connectivity index is 2.20. The summed E-state index contributed by atoms with van der Waals surface area (Å²) in [7, 11) is -2.26. The molecular formula is C12H16N2O4S. The molecule has 1 heterocycles. The van der Waals surface area contributed by atoms with Crippen LogP contribution in [-0.2, 0) is 19.6 Å². The Labute approximate surface area is 112 Å². The molecule has 104 valence electrons. The van der Waals surface area contributed by atoms with Crippen molar-refractivity contribution in [1.29, 1.82) is 0 Å². The average Bonchev–Trinajstić information content (AvgIpc) is 2.47. The van der Waals surface area contributed by atoms with Crippen LogP contribution in [0.15, 0.2) is 35.2 Å². The van der Waals surface area contributed by atoms with Gasteiger partial charge in [0.2, 0.25) is 10.0 Å². The average molecular weight is 284 g/mol. The highest BCUT2D eigenvalue weighted by Crippen LogP contribution is 2.16. The van der Waals surface area contributed by atoms with Crippen LogP contribution in [0.25, 0.3) is 0 Å². The summed E-state index contributed by atoms with van der Waals surface area (Å²) < 4.78 is 30.7. The van der Waals surface area contributed by atoms with Crippen LogP contribution in [0.5, 0.6) is 0 Å². The summed E-state index contributed by atoms with van der Waals surface area (Å²) in [4.78, 5) is 11.7. The molecule has 0 aliphatic carbocycles. The molecule has 1 atom stereocenters. The highest BCUT2D eigenvalue weighted by Gasteiger charge is 2.33. The van der Waals surface area contributed by atoms with Crippen LogP contribution in [0.2, 0.25) is 0 Å². The minimum atomic E-state index is -3.55. The minimum Gasteiger partial charge on any atom is -0.468 e. The Kier molecular flexibility index (Phi) is 4.18. The number of carbonyl (C=O) groups is 1. The van der Waals surface area contributed by atoms with E-state index in [2.05, 4.69) is 10.1 Å². The zero-order valence-electron chi connectivity index (χ0n) is 10.6. The number of methoxy groups -OCH3 is 1. The van der Waals surface area contributed by atoms with Crippen molar-refractivity contribution in [2.24, 2.45) is 0 Å². The largest absolute Gasteiger partial charge is 0.468 e. The molecule has 1 aromatic rings. The molecule has 2 rings (SSSR count). The standard InChI is InChI=1S/C12H16N2O4S/c1-18-12(15)11-9-14(8-7-13-11)19(16,17)10-5-3-2-4-6-10/h2-6,11,13H,7-9H2,1H3. The zero-order valence-corrected chi connectivity index (χ0v) is 11.4. The first-order chi connectivity index (χ1) is 9.05. The van der Waals surface area contributed by atoms with Gasteiger partial charge in [0.1, 0.15) is 6.04 Å². The Morgan fingerprint density at radius 2 is 2.05 bits per heavy atom. The fraction of sp³-hybridized carbons (Fsp3) is 0.417. The van der Waals surface area contributed by atoms with Crippen molar-refractivity contribution in [2.45, 2.75) is 10.9 Å². The van der Waals surface area contributed by atoms with Crippen molar-refractivity contribution in [3.8, 4) is 0 Å². The molecule has 0 bridgehead atoms. The van der Waals surface area contributed by atoms with E-state index in [0.29, 0.717) is 13.1 Å². The molecule has 0 radical (unpaired) electrons. The highest BCUT2D eigenvalue weighted by atomic mass is 32.2. The summed E-state index contributed by atoms with van der Waals surface area (Å²) in [5.41, 5.74) is 0. The van der Waals surface area contributed by atoms with E-state index in [1.54, 1.807) is 30.3 Å². The maximum absolute atomic E-state index is 12.4. The molecule has 1 aliphatic rings. The predicted octanol–water partition coefficient (Wildman–Crippen LogP) is -0.178. The van der Waals surface area contributed by atoms with E-state index in [4.69, 9.17) is 0 Å². The van der Waals surface area contributed by atoms with Gasteiger partial charge in [-0.2, -0.15) is 4.31 Å². The van der Waals surface area contributed by atoms with Crippen molar-refractivity contribution < 1.29 is 17.9 Å². The van der Waals surface area contributed by atoms with Gasteiger partial charge < -0.3 is 10.1 Å². The lowest BCUT2D eigenvalue weighted by molar-refractivity contribution is -0.143. The van der Waals surface area contributed by atoms with Crippen LogP contribution < -0.4 is 5.32 Å². The van der Waals surface area contributed by atoms with E-state index < -0.39 is 22.0 Å². The molecule has 0 saturated carbocycles. The van der Waals surface area contributed by atoms with Gasteiger partial charge in [0.25, 0.3) is 0 Å². The molecule has 7 heteroatoms. The lowest BCUT2D eigenvalue weighted by atomic mass is 10.2. The van der Waals surface area contributed by atoms with Crippen molar-refractivity contribution in [1.82, 2.24) is 9.62 Å². The SMILES string of the molecule is COC(=O)C1CN(S(=O)(=O)c2ccccc2)CCN1. The van der Waals surface area contributed by atoms with Gasteiger partial charge >= 0.3 is 5.97 Å². The highest BCUT2D eigenvalue weighted by molar-refractivity contribution is 7.89. The van der Waals surface area contributed by atoms with Crippen LogP contribution in [-0.4, -0.2) is 51.5 Å². The fourth-order valence-corrected chi connectivity index (χ4v) is 3.46. The fourth-order valence-electron chi connectivity index (χ4n) is 1.98. The van der Waals surface area contributed by atoms with E-state index in [-0.39, 0.29) is 11.4 Å². The van der Waals surface area contributed by atoms with Gasteiger partial charge in [-0.25, -0.2) is 8.42 Å². The third-order valence-corrected chi connectivity index (χ3v) is 4.88. The third-order valence-electron chi connectivity index (χ3n) is 3.00. The van der Waals surface area contributed by atoms with Gasteiger partial charge in [-0.3, -0.25) is 4.79 Å². The molecule has 19 heavy (non-hydrogen) atoms. The van der Waals surface area contributed by atoms with Crippen molar-refractivity contribution in [3.63, 3.8) is 0 Å². The summed E-state index contributed by atoms with van der Waals surface area (Å²) in [6.07, 6.45) is 0.